The summed E-state index contributed by atoms with van der Waals surface area (Å²) in [6.45, 7) is 9.15. The first kappa shape index (κ1) is 17.1. The summed E-state index contributed by atoms with van der Waals surface area (Å²) in [6, 6.07) is 0. The van der Waals surface area contributed by atoms with Crippen LogP contribution < -0.4 is 0 Å². The minimum absolute atomic E-state index is 0.135. The van der Waals surface area contributed by atoms with E-state index in [-0.39, 0.29) is 11.6 Å². The van der Waals surface area contributed by atoms with Crippen molar-refractivity contribution in [3.05, 3.63) is 22.8 Å². The van der Waals surface area contributed by atoms with Gasteiger partial charge in [-0.3, -0.25) is 4.98 Å². The average Bonchev–Trinajstić information content (AvgIpc) is 2.40. The van der Waals surface area contributed by atoms with Gasteiger partial charge in [0.05, 0.1) is 24.2 Å². The Morgan fingerprint density at radius 3 is 2.14 bits per heavy atom. The molecule has 0 aliphatic rings. The standard InChI is InChI=1S/C15H22N2O4/c1-8(2)7-12(14(18)20-6)21-15(19)13-11(5)16-9(3)10(4)17-13/h8,12H,7H2,1-6H3/t12-/m0/s1. The highest BCUT2D eigenvalue weighted by atomic mass is 16.6. The Labute approximate surface area is 124 Å². The van der Waals surface area contributed by atoms with Gasteiger partial charge in [0.1, 0.15) is 0 Å². The van der Waals surface area contributed by atoms with E-state index < -0.39 is 18.0 Å². The van der Waals surface area contributed by atoms with Crippen LogP contribution in [0.25, 0.3) is 0 Å². The molecule has 0 spiro atoms. The second kappa shape index (κ2) is 7.15. The predicted octanol–water partition coefficient (Wildman–Crippen LogP) is 2.15. The Morgan fingerprint density at radius 1 is 1.05 bits per heavy atom. The van der Waals surface area contributed by atoms with Crippen LogP contribution in [0, 0.1) is 26.7 Å². The van der Waals surface area contributed by atoms with Crippen LogP contribution >= 0.6 is 0 Å². The van der Waals surface area contributed by atoms with Crippen molar-refractivity contribution in [2.45, 2.75) is 47.1 Å². The molecule has 1 atom stereocenters. The van der Waals surface area contributed by atoms with E-state index in [1.54, 1.807) is 13.8 Å². The number of nitrogens with zero attached hydrogens (tertiary/aromatic N) is 2. The fourth-order valence-electron chi connectivity index (χ4n) is 1.85. The molecule has 0 bridgehead atoms. The third kappa shape index (κ3) is 4.51. The SMILES string of the molecule is COC(=O)[C@H](CC(C)C)OC(=O)c1nc(C)c(C)nc1C. The van der Waals surface area contributed by atoms with Crippen LogP contribution in [0.4, 0.5) is 0 Å². The summed E-state index contributed by atoms with van der Waals surface area (Å²) in [4.78, 5) is 32.3. The van der Waals surface area contributed by atoms with Gasteiger partial charge in [-0.1, -0.05) is 13.8 Å². The smallest absolute Gasteiger partial charge is 0.359 e. The first-order chi connectivity index (χ1) is 9.76. The summed E-state index contributed by atoms with van der Waals surface area (Å²) in [5.41, 5.74) is 2.04. The lowest BCUT2D eigenvalue weighted by Gasteiger charge is -2.17. The molecule has 0 aliphatic heterocycles. The summed E-state index contributed by atoms with van der Waals surface area (Å²) in [7, 11) is 1.27. The maximum atomic E-state index is 12.2. The van der Waals surface area contributed by atoms with E-state index in [4.69, 9.17) is 4.74 Å². The van der Waals surface area contributed by atoms with Gasteiger partial charge in [0.25, 0.3) is 0 Å². The molecular formula is C15H22N2O4. The predicted molar refractivity (Wildman–Crippen MR) is 76.9 cm³/mol. The molecule has 21 heavy (non-hydrogen) atoms. The van der Waals surface area contributed by atoms with E-state index in [1.807, 2.05) is 20.8 Å². The van der Waals surface area contributed by atoms with Gasteiger partial charge in [-0.2, -0.15) is 0 Å². The van der Waals surface area contributed by atoms with Crippen LogP contribution in [0.1, 0.15) is 47.8 Å². The van der Waals surface area contributed by atoms with E-state index >= 15 is 0 Å². The average molecular weight is 294 g/mol. The molecule has 1 rings (SSSR count). The third-order valence-corrected chi connectivity index (χ3v) is 3.07. The number of methoxy groups -OCH3 is 1. The lowest BCUT2D eigenvalue weighted by molar-refractivity contribution is -0.151. The maximum Gasteiger partial charge on any atom is 0.359 e. The fourth-order valence-corrected chi connectivity index (χ4v) is 1.85. The Bertz CT molecular complexity index is 541. The van der Waals surface area contributed by atoms with Gasteiger partial charge < -0.3 is 9.47 Å². The van der Waals surface area contributed by atoms with Gasteiger partial charge in [-0.25, -0.2) is 14.6 Å². The molecule has 0 aliphatic carbocycles. The van der Waals surface area contributed by atoms with Crippen LogP contribution in [0.15, 0.2) is 0 Å². The molecule has 0 radical (unpaired) electrons. The Hall–Kier alpha value is -1.98. The van der Waals surface area contributed by atoms with Crippen molar-refractivity contribution in [2.75, 3.05) is 7.11 Å². The summed E-state index contributed by atoms with van der Waals surface area (Å²) in [5.74, 6) is -1.03. The quantitative estimate of drug-likeness (QED) is 0.774. The first-order valence-electron chi connectivity index (χ1n) is 6.86. The van der Waals surface area contributed by atoms with Crippen molar-refractivity contribution >= 4 is 11.9 Å². The van der Waals surface area contributed by atoms with E-state index in [2.05, 4.69) is 14.7 Å². The number of hydrogen-bond donors (Lipinski definition) is 0. The highest BCUT2D eigenvalue weighted by Crippen LogP contribution is 2.14. The number of carbonyl (C=O) groups excluding carboxylic acids is 2. The fraction of sp³-hybridized carbons (Fsp3) is 0.600. The molecule has 1 aromatic rings. The minimum atomic E-state index is -0.926. The second-order valence-corrected chi connectivity index (χ2v) is 5.38. The van der Waals surface area contributed by atoms with E-state index in [0.29, 0.717) is 17.8 Å². The molecule has 0 amide bonds. The maximum absolute atomic E-state index is 12.2. The Morgan fingerprint density at radius 2 is 1.62 bits per heavy atom. The van der Waals surface area contributed by atoms with Crippen molar-refractivity contribution in [2.24, 2.45) is 5.92 Å². The molecule has 1 heterocycles. The van der Waals surface area contributed by atoms with Crippen molar-refractivity contribution in [3.8, 4) is 0 Å². The minimum Gasteiger partial charge on any atom is -0.466 e. The van der Waals surface area contributed by atoms with Crippen LogP contribution in [0.5, 0.6) is 0 Å². The van der Waals surface area contributed by atoms with Crippen LogP contribution in [0.3, 0.4) is 0 Å². The molecule has 0 N–H and O–H groups in total. The number of ether oxygens (including phenoxy) is 2. The molecule has 0 fully saturated rings. The number of aryl methyl sites for hydroxylation is 3. The van der Waals surface area contributed by atoms with E-state index in [1.165, 1.54) is 7.11 Å². The molecule has 0 aromatic carbocycles. The van der Waals surface area contributed by atoms with Gasteiger partial charge in [0.15, 0.2) is 11.8 Å². The number of hydrogen-bond acceptors (Lipinski definition) is 6. The first-order valence-corrected chi connectivity index (χ1v) is 6.86. The summed E-state index contributed by atoms with van der Waals surface area (Å²) < 4.78 is 9.93. The summed E-state index contributed by atoms with van der Waals surface area (Å²) in [5, 5.41) is 0. The highest BCUT2D eigenvalue weighted by Gasteiger charge is 2.27. The third-order valence-electron chi connectivity index (χ3n) is 3.07. The summed E-state index contributed by atoms with van der Waals surface area (Å²) in [6.07, 6.45) is -0.527. The van der Waals surface area contributed by atoms with Crippen LogP contribution in [-0.2, 0) is 14.3 Å². The molecule has 0 saturated carbocycles. The van der Waals surface area contributed by atoms with Gasteiger partial charge in [0.2, 0.25) is 0 Å². The van der Waals surface area contributed by atoms with Crippen LogP contribution in [0.2, 0.25) is 0 Å². The molecule has 6 heteroatoms. The van der Waals surface area contributed by atoms with Gasteiger partial charge in [-0.15, -0.1) is 0 Å². The zero-order valence-electron chi connectivity index (χ0n) is 13.4. The molecule has 0 saturated heterocycles. The Balaban J connectivity index is 2.96. The zero-order chi connectivity index (χ0) is 16.2. The van der Waals surface area contributed by atoms with Crippen molar-refractivity contribution in [1.82, 2.24) is 9.97 Å². The molecule has 116 valence electrons. The largest absolute Gasteiger partial charge is 0.466 e. The van der Waals surface area contributed by atoms with Crippen molar-refractivity contribution in [1.29, 1.82) is 0 Å². The van der Waals surface area contributed by atoms with Gasteiger partial charge >= 0.3 is 11.9 Å². The van der Waals surface area contributed by atoms with Gasteiger partial charge in [-0.05, 0) is 33.1 Å². The Kier molecular flexibility index (Phi) is 5.81. The highest BCUT2D eigenvalue weighted by molar-refractivity contribution is 5.90. The zero-order valence-corrected chi connectivity index (χ0v) is 13.4. The van der Waals surface area contributed by atoms with E-state index in [9.17, 15) is 9.59 Å². The molecular weight excluding hydrogens is 272 g/mol. The topological polar surface area (TPSA) is 78.4 Å². The monoisotopic (exact) mass is 294 g/mol. The molecule has 0 unspecified atom stereocenters. The molecule has 6 nitrogen and oxygen atoms in total. The van der Waals surface area contributed by atoms with Crippen molar-refractivity contribution < 1.29 is 19.1 Å². The molecule has 1 aromatic heterocycles. The van der Waals surface area contributed by atoms with Crippen LogP contribution in [-0.4, -0.2) is 35.1 Å². The second-order valence-electron chi connectivity index (χ2n) is 5.38. The van der Waals surface area contributed by atoms with E-state index in [0.717, 1.165) is 5.69 Å². The lowest BCUT2D eigenvalue weighted by atomic mass is 10.1. The number of esters is 2. The lowest BCUT2D eigenvalue weighted by Crippen LogP contribution is -2.30. The summed E-state index contributed by atoms with van der Waals surface area (Å²) >= 11 is 0. The van der Waals surface area contributed by atoms with Crippen molar-refractivity contribution in [3.63, 3.8) is 0 Å². The van der Waals surface area contributed by atoms with Gasteiger partial charge in [0, 0.05) is 0 Å². The number of rotatable bonds is 5. The number of aromatic nitrogens is 2. The normalized spacial score (nSPS) is 12.1. The number of carbonyl (C=O) groups is 2.